The normalized spacial score (nSPS) is 9.81. The molecule has 0 saturated carbocycles. The van der Waals surface area contributed by atoms with Gasteiger partial charge in [0.25, 0.3) is 33.9 Å². The van der Waals surface area contributed by atoms with Gasteiger partial charge in [-0.3, -0.25) is 64.0 Å². The summed E-state index contributed by atoms with van der Waals surface area (Å²) in [5, 5.41) is 111. The van der Waals surface area contributed by atoms with Crippen molar-refractivity contribution in [1.82, 2.24) is 9.13 Å². The zero-order valence-electron chi connectivity index (χ0n) is 54.9. The number of anilines is 5. The van der Waals surface area contributed by atoms with Gasteiger partial charge in [0.1, 0.15) is 47.6 Å². The van der Waals surface area contributed by atoms with E-state index in [9.17, 15) is 69.8 Å². The number of thiophene rings is 2. The molecule has 4 heterocycles. The fraction of sp³-hybridized carbons (Fsp3) is 0.0423. The molecule has 12 rings (SSSR count). The number of carbonyl (C=O) groups is 1. The van der Waals surface area contributed by atoms with Crippen molar-refractivity contribution in [1.29, 1.82) is 26.3 Å². The Morgan fingerprint density at radius 2 is 0.991 bits per heavy atom. The van der Waals surface area contributed by atoms with E-state index in [0.29, 0.717) is 71.7 Å². The molecule has 0 fully saturated rings. The molecule has 0 unspecified atom stereocenters. The molecule has 0 spiro atoms. The second-order valence-corrected chi connectivity index (χ2v) is 25.5. The molecule has 0 aliphatic heterocycles. The lowest BCUT2D eigenvalue weighted by Gasteiger charge is -2.14. The second kappa shape index (κ2) is 39.9. The number of nitro benzene ring substituents is 4. The van der Waals surface area contributed by atoms with Gasteiger partial charge in [-0.05, 0) is 139 Å². The Morgan fingerprint density at radius 1 is 0.561 bits per heavy atom. The van der Waals surface area contributed by atoms with Crippen LogP contribution in [0.4, 0.5) is 55.6 Å². The first-order chi connectivity index (χ1) is 51.1. The summed E-state index contributed by atoms with van der Waals surface area (Å²) in [4.78, 5) is 77.3. The van der Waals surface area contributed by atoms with Crippen molar-refractivity contribution in [3.05, 3.63) is 308 Å². The topological polar surface area (TPSA) is 492 Å². The molecule has 4 aromatic heterocycles. The monoisotopic (exact) mass is 1670 g/mol. The Labute approximate surface area is 638 Å². The van der Waals surface area contributed by atoms with Gasteiger partial charge in [0.2, 0.25) is 0 Å². The third-order valence-electron chi connectivity index (χ3n) is 14.0. The smallest absolute Gasteiger partial charge is 0.465 e. The van der Waals surface area contributed by atoms with Gasteiger partial charge in [0.05, 0.1) is 71.6 Å². The second-order valence-electron chi connectivity index (χ2n) is 20.8. The minimum absolute atomic E-state index is 0.0281. The molecular formula is C71H50BBr3FN15O14S2. The summed E-state index contributed by atoms with van der Waals surface area (Å²) >= 11 is 12.6. The number of rotatable bonds is 12. The van der Waals surface area contributed by atoms with Gasteiger partial charge >= 0.3 is 13.1 Å². The molecule has 36 heteroatoms. The number of halogens is 4. The summed E-state index contributed by atoms with van der Waals surface area (Å²) in [5.74, 6) is -0.938. The third kappa shape index (κ3) is 22.8. The number of nitrogen functional groups attached to an aromatic ring is 3. The molecule has 536 valence electrons. The molecule has 0 aliphatic rings. The van der Waals surface area contributed by atoms with Crippen molar-refractivity contribution in [2.24, 2.45) is 0 Å². The number of nitro groups is 4. The van der Waals surface area contributed by atoms with Crippen LogP contribution < -0.4 is 38.4 Å². The molecule has 0 saturated heterocycles. The molecule has 0 amide bonds. The van der Waals surface area contributed by atoms with Crippen LogP contribution >= 0.6 is 70.5 Å². The number of hydrogen-bond donors (Lipinski definition) is 6. The van der Waals surface area contributed by atoms with E-state index in [4.69, 9.17) is 43.0 Å². The minimum atomic E-state index is -1.30. The maximum atomic E-state index is 13.0. The van der Waals surface area contributed by atoms with Crippen LogP contribution in [0.15, 0.2) is 228 Å². The fourth-order valence-electron chi connectivity index (χ4n) is 9.01. The van der Waals surface area contributed by atoms with E-state index >= 15 is 0 Å². The average Bonchev–Trinajstić information content (AvgIpc) is 0.985. The molecular weight excluding hydrogens is 1620 g/mol. The Kier molecular flexibility index (Phi) is 30.8. The molecule has 107 heavy (non-hydrogen) atoms. The van der Waals surface area contributed by atoms with Gasteiger partial charge in [0, 0.05) is 105 Å². The number of aromatic nitrogens is 2. The number of nitrogens with one attached hydrogen (secondary N) is 1. The molecule has 0 bridgehead atoms. The van der Waals surface area contributed by atoms with Crippen LogP contribution in [0, 0.1) is 103 Å². The number of non-ortho nitro benzene ring substituents is 4. The number of nitriles is 5. The van der Waals surface area contributed by atoms with Crippen LogP contribution in [0.5, 0.6) is 0 Å². The maximum Gasteiger partial charge on any atom is 0.499 e. The quantitative estimate of drug-likeness (QED) is 0.0217. The number of fused-ring (bicyclic) bond motifs is 2. The molecule has 0 atom stereocenters. The summed E-state index contributed by atoms with van der Waals surface area (Å²) in [6.07, 6.45) is -0.145. The third-order valence-corrected chi connectivity index (χ3v) is 17.3. The Hall–Kier alpha value is -13.3. The van der Waals surface area contributed by atoms with Crippen LogP contribution in [-0.4, -0.2) is 58.6 Å². The van der Waals surface area contributed by atoms with Crippen molar-refractivity contribution in [3.63, 3.8) is 0 Å². The number of hydrogen-bond acceptors (Lipinski definition) is 25. The van der Waals surface area contributed by atoms with Crippen molar-refractivity contribution in [2.45, 2.75) is 13.3 Å². The number of nitrogens with two attached hydrogens (primary N) is 3. The first-order valence-electron chi connectivity index (χ1n) is 30.0. The standard InChI is InChI=1S/C20H12N4O3S.C16H9BrN4O3.C13H8BrN3O2.C7H3BrFN.C6H6N2O2.C5H7NO2.C4H5BO2S/c21-11-16-19(22)15-8-3-12(18-2-1-9-28-18)10-17(15)23(20(16)25)13-4-6-14(7-5-13)24(26)27;17-9-1-6-12-14(7-9)20(16(22)13(8-18)15(12)19)10-2-4-11(5-3-10)21(23)24;14-10-2-1-9(8-15)13(7-10)16-11-3-5-12(6-4-11)17(18)19;8-6-2-1-5(4-10)7(9)3-6;7-5-1-3-6(4-2-5)8(9)10;1-2-8-5(7)3-4-6;6-5(7)4-2-1-3-8-4/h1-10H,22H2;1-7H,19H2;1-7,16H;1-3H;1-4H,7H2;2-3H2,1H3;1-3,6-7H. The molecule has 12 aromatic rings. The number of esters is 1. The lowest BCUT2D eigenvalue weighted by atomic mass is 9.90. The summed E-state index contributed by atoms with van der Waals surface area (Å²) < 4.78 is 22.5. The van der Waals surface area contributed by atoms with Crippen molar-refractivity contribution in [2.75, 3.05) is 29.1 Å². The Morgan fingerprint density at radius 3 is 1.40 bits per heavy atom. The highest BCUT2D eigenvalue weighted by Gasteiger charge is 2.20. The lowest BCUT2D eigenvalue weighted by molar-refractivity contribution is -0.385. The molecule has 0 aliphatic carbocycles. The fourth-order valence-corrected chi connectivity index (χ4v) is 11.4. The summed E-state index contributed by atoms with van der Waals surface area (Å²) in [6, 6.07) is 59.6. The maximum absolute atomic E-state index is 13.0. The summed E-state index contributed by atoms with van der Waals surface area (Å²) in [6.45, 7) is 2.05. The number of carbonyl (C=O) groups excluding carboxylic acids is 1. The van der Waals surface area contributed by atoms with Crippen LogP contribution in [0.2, 0.25) is 0 Å². The molecule has 8 aromatic carbocycles. The minimum Gasteiger partial charge on any atom is -0.465 e. The first-order valence-corrected chi connectivity index (χ1v) is 34.2. The van der Waals surface area contributed by atoms with Crippen molar-refractivity contribution < 1.29 is 43.7 Å². The van der Waals surface area contributed by atoms with E-state index < -0.39 is 49.7 Å². The lowest BCUT2D eigenvalue weighted by Crippen LogP contribution is -2.26. The SMILES string of the molecule is CCOC(=O)CC#N.N#Cc1c(N)c2ccc(-c3cccs3)cc2n(-c2ccc([N+](=O)[O-])cc2)c1=O.N#Cc1c(N)c2ccc(Br)cc2n(-c2ccc([N+](=O)[O-])cc2)c1=O.N#Cc1ccc(Br)cc1F.N#Cc1ccc(Br)cc1Nc1ccc([N+](=O)[O-])cc1.Nc1ccc([N+](=O)[O-])cc1.OB(O)c1cccs1. The van der Waals surface area contributed by atoms with E-state index in [1.54, 1.807) is 109 Å². The number of benzene rings is 8. The van der Waals surface area contributed by atoms with Gasteiger partial charge in [-0.25, -0.2) is 4.39 Å². The van der Waals surface area contributed by atoms with Gasteiger partial charge < -0.3 is 37.3 Å². The van der Waals surface area contributed by atoms with E-state index in [-0.39, 0.29) is 57.2 Å². The molecule has 29 nitrogen and oxygen atoms in total. The number of ether oxygens (including phenoxy) is 1. The van der Waals surface area contributed by atoms with Gasteiger partial charge in [0.15, 0.2) is 0 Å². The Balaban J connectivity index is 0.000000207. The average molecular weight is 1670 g/mol. The summed E-state index contributed by atoms with van der Waals surface area (Å²) in [5.41, 5.74) is 21.2. The van der Waals surface area contributed by atoms with Crippen LogP contribution in [0.1, 0.15) is 35.6 Å². The molecule has 0 radical (unpaired) electrons. The predicted octanol–water partition coefficient (Wildman–Crippen LogP) is 14.7. The van der Waals surface area contributed by atoms with E-state index in [1.807, 2.05) is 41.8 Å². The number of nitrogens with zero attached hydrogens (tertiary/aromatic N) is 11. The zero-order valence-corrected chi connectivity index (χ0v) is 61.3. The number of pyridine rings is 2. The summed E-state index contributed by atoms with van der Waals surface area (Å²) in [7, 11) is -1.30. The van der Waals surface area contributed by atoms with Crippen LogP contribution in [0.25, 0.3) is 43.6 Å². The highest BCUT2D eigenvalue weighted by Crippen LogP contribution is 2.33. The van der Waals surface area contributed by atoms with Gasteiger partial charge in [-0.1, -0.05) is 78.1 Å². The van der Waals surface area contributed by atoms with E-state index in [0.717, 1.165) is 19.4 Å². The highest BCUT2D eigenvalue weighted by atomic mass is 79.9. The van der Waals surface area contributed by atoms with Gasteiger partial charge in [-0.2, -0.15) is 37.6 Å². The van der Waals surface area contributed by atoms with E-state index in [1.165, 1.54) is 118 Å². The van der Waals surface area contributed by atoms with Crippen LogP contribution in [-0.2, 0) is 9.53 Å². The molecule has 9 N–H and O–H groups in total. The Bertz CT molecular complexity index is 5600. The predicted molar refractivity (Wildman–Crippen MR) is 414 cm³/mol. The van der Waals surface area contributed by atoms with Crippen molar-refractivity contribution in [3.8, 4) is 52.2 Å². The zero-order chi connectivity index (χ0) is 78.6. The largest absolute Gasteiger partial charge is 0.499 e. The first kappa shape index (κ1) is 82.6. The van der Waals surface area contributed by atoms with Crippen molar-refractivity contribution >= 4 is 161 Å². The van der Waals surface area contributed by atoms with Crippen LogP contribution in [0.3, 0.4) is 0 Å². The van der Waals surface area contributed by atoms with E-state index in [2.05, 4.69) is 63.9 Å². The highest BCUT2D eigenvalue weighted by molar-refractivity contribution is 9.11. The van der Waals surface area contributed by atoms with Gasteiger partial charge in [-0.15, -0.1) is 11.3 Å².